The number of rotatable bonds is 4. The van der Waals surface area contributed by atoms with E-state index in [-0.39, 0.29) is 23.8 Å². The molecule has 2 aromatic rings. The van der Waals surface area contributed by atoms with Gasteiger partial charge in [-0.3, -0.25) is 9.59 Å². The van der Waals surface area contributed by atoms with E-state index in [1.54, 1.807) is 31.4 Å². The van der Waals surface area contributed by atoms with Gasteiger partial charge in [-0.1, -0.05) is 18.0 Å². The number of nitrogens with one attached hydrogen (secondary N) is 2. The van der Waals surface area contributed by atoms with Crippen molar-refractivity contribution >= 4 is 39.3 Å². The maximum Gasteiger partial charge on any atom is 0.270 e. The summed E-state index contributed by atoms with van der Waals surface area (Å²) in [4.78, 5) is 28.9. The summed E-state index contributed by atoms with van der Waals surface area (Å²) in [5.41, 5.74) is 0.301. The van der Waals surface area contributed by atoms with E-state index in [2.05, 4.69) is 36.6 Å². The van der Waals surface area contributed by atoms with Gasteiger partial charge < -0.3 is 10.6 Å². The molecular weight excluding hydrogens is 410 g/mol. The van der Waals surface area contributed by atoms with Gasteiger partial charge in [-0.05, 0) is 40.9 Å². The summed E-state index contributed by atoms with van der Waals surface area (Å²) < 4.78 is 1.89. The normalized spacial score (nSPS) is 19.6. The molecule has 0 bridgehead atoms. The lowest BCUT2D eigenvalue weighted by Gasteiger charge is -2.19. The van der Waals surface area contributed by atoms with Gasteiger partial charge in [-0.2, -0.15) is 5.10 Å². The number of carbonyl (C=O) groups excluding carboxylic acids is 2. The van der Waals surface area contributed by atoms with Crippen molar-refractivity contribution in [1.82, 2.24) is 25.4 Å². The molecule has 2 heterocycles. The third kappa shape index (κ3) is 3.69. The topological polar surface area (TPSA) is 88.9 Å². The van der Waals surface area contributed by atoms with Crippen LogP contribution in [-0.4, -0.2) is 39.7 Å². The number of carbonyl (C=O) groups is 2. The largest absolute Gasteiger partial charge is 0.359 e. The zero-order chi connectivity index (χ0) is 18.0. The molecule has 7 nitrogen and oxygen atoms in total. The van der Waals surface area contributed by atoms with Crippen molar-refractivity contribution in [3.8, 4) is 5.82 Å². The first kappa shape index (κ1) is 17.9. The SMILES string of the molecule is CNC(=O)C1CCCC1NC(=O)c1cc(Br)nn1-c1ncccc1Cl. The Morgan fingerprint density at radius 1 is 1.40 bits per heavy atom. The summed E-state index contributed by atoms with van der Waals surface area (Å²) in [7, 11) is 1.61. The fourth-order valence-electron chi connectivity index (χ4n) is 3.08. The lowest BCUT2D eigenvalue weighted by molar-refractivity contribution is -0.124. The quantitative estimate of drug-likeness (QED) is 0.785. The standard InChI is InChI=1S/C16H17BrClN5O2/c1-19-15(24)9-4-2-6-11(9)21-16(25)12-8-13(17)22-23(12)14-10(18)5-3-7-20-14/h3,5,7-9,11H,2,4,6H2,1H3,(H,19,24)(H,21,25). The van der Waals surface area contributed by atoms with Crippen molar-refractivity contribution in [2.75, 3.05) is 7.05 Å². The second-order valence-electron chi connectivity index (χ2n) is 5.80. The predicted molar refractivity (Wildman–Crippen MR) is 96.7 cm³/mol. The summed E-state index contributed by atoms with van der Waals surface area (Å²) in [5.74, 6) is -0.215. The van der Waals surface area contributed by atoms with Crippen molar-refractivity contribution in [3.05, 3.63) is 39.7 Å². The van der Waals surface area contributed by atoms with E-state index in [0.717, 1.165) is 19.3 Å². The zero-order valence-electron chi connectivity index (χ0n) is 13.5. The van der Waals surface area contributed by atoms with Crippen LogP contribution in [0.3, 0.4) is 0 Å². The molecule has 1 saturated carbocycles. The molecule has 25 heavy (non-hydrogen) atoms. The van der Waals surface area contributed by atoms with Gasteiger partial charge in [0.1, 0.15) is 10.3 Å². The first-order valence-electron chi connectivity index (χ1n) is 7.90. The maximum absolute atomic E-state index is 12.8. The van der Waals surface area contributed by atoms with Crippen LogP contribution in [0.5, 0.6) is 0 Å². The van der Waals surface area contributed by atoms with E-state index < -0.39 is 0 Å². The van der Waals surface area contributed by atoms with Gasteiger partial charge in [0, 0.05) is 25.4 Å². The molecule has 132 valence electrons. The average Bonchev–Trinajstić information content (AvgIpc) is 3.21. The van der Waals surface area contributed by atoms with Crippen LogP contribution in [0.25, 0.3) is 5.82 Å². The highest BCUT2D eigenvalue weighted by Crippen LogP contribution is 2.27. The molecule has 3 rings (SSSR count). The van der Waals surface area contributed by atoms with Crippen molar-refractivity contribution in [2.45, 2.75) is 25.3 Å². The van der Waals surface area contributed by atoms with Crippen LogP contribution in [0.2, 0.25) is 5.02 Å². The summed E-state index contributed by atoms with van der Waals surface area (Å²) in [6.45, 7) is 0. The molecule has 0 spiro atoms. The molecular formula is C16H17BrClN5O2. The van der Waals surface area contributed by atoms with Crippen molar-refractivity contribution in [2.24, 2.45) is 5.92 Å². The summed E-state index contributed by atoms with van der Waals surface area (Å²) in [5, 5.41) is 10.2. The molecule has 2 atom stereocenters. The smallest absolute Gasteiger partial charge is 0.270 e. The molecule has 2 N–H and O–H groups in total. The Bertz CT molecular complexity index is 810. The first-order valence-corrected chi connectivity index (χ1v) is 9.07. The minimum atomic E-state index is -0.319. The fraction of sp³-hybridized carbons (Fsp3) is 0.375. The van der Waals surface area contributed by atoms with Gasteiger partial charge in [0.15, 0.2) is 5.82 Å². The van der Waals surface area contributed by atoms with Crippen LogP contribution >= 0.6 is 27.5 Å². The number of hydrogen-bond donors (Lipinski definition) is 2. The van der Waals surface area contributed by atoms with E-state index in [4.69, 9.17) is 11.6 Å². The number of hydrogen-bond acceptors (Lipinski definition) is 4. The van der Waals surface area contributed by atoms with Gasteiger partial charge in [-0.25, -0.2) is 9.67 Å². The van der Waals surface area contributed by atoms with Gasteiger partial charge in [-0.15, -0.1) is 0 Å². The second-order valence-corrected chi connectivity index (χ2v) is 7.02. The summed E-state index contributed by atoms with van der Waals surface area (Å²) >= 11 is 9.46. The van der Waals surface area contributed by atoms with Gasteiger partial charge in [0.05, 0.1) is 10.9 Å². The third-order valence-electron chi connectivity index (χ3n) is 4.27. The Balaban J connectivity index is 1.86. The van der Waals surface area contributed by atoms with Crippen molar-refractivity contribution in [1.29, 1.82) is 0 Å². The van der Waals surface area contributed by atoms with Crippen LogP contribution in [0.1, 0.15) is 29.8 Å². The van der Waals surface area contributed by atoms with Crippen LogP contribution in [0.15, 0.2) is 29.0 Å². The molecule has 1 aliphatic carbocycles. The number of pyridine rings is 1. The van der Waals surface area contributed by atoms with Gasteiger partial charge >= 0.3 is 0 Å². The Morgan fingerprint density at radius 2 is 2.20 bits per heavy atom. The molecule has 2 amide bonds. The Labute approximate surface area is 158 Å². The highest BCUT2D eigenvalue weighted by molar-refractivity contribution is 9.10. The molecule has 0 radical (unpaired) electrons. The monoisotopic (exact) mass is 425 g/mol. The van der Waals surface area contributed by atoms with E-state index in [1.165, 1.54) is 4.68 Å². The number of halogens is 2. The fourth-order valence-corrected chi connectivity index (χ4v) is 3.66. The zero-order valence-corrected chi connectivity index (χ0v) is 15.8. The number of aromatic nitrogens is 3. The van der Waals surface area contributed by atoms with E-state index in [1.807, 2.05) is 0 Å². The van der Waals surface area contributed by atoms with E-state index >= 15 is 0 Å². The highest BCUT2D eigenvalue weighted by Gasteiger charge is 2.34. The lowest BCUT2D eigenvalue weighted by atomic mass is 10.0. The molecule has 0 saturated heterocycles. The third-order valence-corrected chi connectivity index (χ3v) is 4.95. The van der Waals surface area contributed by atoms with Gasteiger partial charge in [0.25, 0.3) is 5.91 Å². The molecule has 2 unspecified atom stereocenters. The van der Waals surface area contributed by atoms with Crippen molar-refractivity contribution in [3.63, 3.8) is 0 Å². The Hall–Kier alpha value is -1.93. The minimum Gasteiger partial charge on any atom is -0.359 e. The molecule has 0 aromatic carbocycles. The second kappa shape index (κ2) is 7.53. The van der Waals surface area contributed by atoms with E-state index in [9.17, 15) is 9.59 Å². The van der Waals surface area contributed by atoms with Crippen molar-refractivity contribution < 1.29 is 9.59 Å². The van der Waals surface area contributed by atoms with Crippen LogP contribution in [0, 0.1) is 5.92 Å². The maximum atomic E-state index is 12.8. The Morgan fingerprint density at radius 3 is 2.92 bits per heavy atom. The predicted octanol–water partition coefficient (Wildman–Crippen LogP) is 2.33. The van der Waals surface area contributed by atoms with Crippen LogP contribution < -0.4 is 10.6 Å². The number of amides is 2. The average molecular weight is 427 g/mol. The van der Waals surface area contributed by atoms with E-state index in [0.29, 0.717) is 21.1 Å². The van der Waals surface area contributed by atoms with Crippen LogP contribution in [-0.2, 0) is 4.79 Å². The first-order chi connectivity index (χ1) is 12.0. The summed E-state index contributed by atoms with van der Waals surface area (Å²) in [6.07, 6.45) is 4.01. The molecule has 0 aliphatic heterocycles. The minimum absolute atomic E-state index is 0.0507. The lowest BCUT2D eigenvalue weighted by Crippen LogP contribution is -2.43. The number of nitrogens with zero attached hydrogens (tertiary/aromatic N) is 3. The highest BCUT2D eigenvalue weighted by atomic mass is 79.9. The molecule has 2 aromatic heterocycles. The molecule has 9 heteroatoms. The Kier molecular flexibility index (Phi) is 5.39. The summed E-state index contributed by atoms with van der Waals surface area (Å²) in [6, 6.07) is 4.79. The van der Waals surface area contributed by atoms with Gasteiger partial charge in [0.2, 0.25) is 5.91 Å². The van der Waals surface area contributed by atoms with Crippen LogP contribution in [0.4, 0.5) is 0 Å². The molecule has 1 fully saturated rings. The molecule has 1 aliphatic rings.